The summed E-state index contributed by atoms with van der Waals surface area (Å²) in [6.07, 6.45) is 7.20. The molecule has 0 spiro atoms. The molecule has 4 aromatic carbocycles. The Balaban J connectivity index is -0.000000205. The number of nitrogens with zero attached hydrogens (tertiary/aromatic N) is 5. The fraction of sp³-hybridized carbons (Fsp3) is 0.500. The Morgan fingerprint density at radius 2 is 0.902 bits per heavy atom. The van der Waals surface area contributed by atoms with Gasteiger partial charge in [-0.3, -0.25) is 54.3 Å². The number of nitrogens with one attached hydrogen (secondary N) is 1. The van der Waals surface area contributed by atoms with E-state index in [1.165, 1.54) is 73.5 Å². The summed E-state index contributed by atoms with van der Waals surface area (Å²) in [7, 11) is 7.36. The Labute approximate surface area is 747 Å². The van der Waals surface area contributed by atoms with E-state index in [4.69, 9.17) is 122 Å². The Kier molecular flexibility index (Phi) is 84.8. The topological polar surface area (TPSA) is 457 Å². The molecule has 3 amide bonds. The number of carboxylic acid groups (broad SMARTS) is 1. The molecule has 0 atom stereocenters. The van der Waals surface area contributed by atoms with Crippen LogP contribution in [0.15, 0.2) is 97.1 Å². The predicted octanol–water partition coefficient (Wildman–Crippen LogP) is 3.49. The minimum absolute atomic E-state index is 0. The third-order valence-corrected chi connectivity index (χ3v) is 12.1. The molecule has 3 aliphatic heterocycles. The van der Waals surface area contributed by atoms with E-state index in [2.05, 4.69) is 36.3 Å². The van der Waals surface area contributed by atoms with Gasteiger partial charge in [0.05, 0.1) is 28.0 Å². The van der Waals surface area contributed by atoms with Crippen molar-refractivity contribution in [2.75, 3.05) is 162 Å². The number of aliphatic hydroxyl groups is 1. The molecular formula is C60H87Cl7Cs2N8O24S. The molecule has 0 aliphatic carbocycles. The number of hydrogen-bond donors (Lipinski definition) is 5. The molecule has 7 N–H and O–H groups in total. The summed E-state index contributed by atoms with van der Waals surface area (Å²) in [4.78, 5) is 98.8. The summed E-state index contributed by atoms with van der Waals surface area (Å²) in [6, 6.07) is 24.6. The van der Waals surface area contributed by atoms with Crippen LogP contribution in [0.4, 0.5) is 45.5 Å². The van der Waals surface area contributed by atoms with Crippen LogP contribution in [0.1, 0.15) is 60.2 Å². The Bertz CT molecular complexity index is 2800. The Hall–Kier alpha value is -2.38. The number of nitrogens with two attached hydrogens (primary N) is 2. The molecule has 32 nitrogen and oxygen atoms in total. The molecular weight excluding hydrogens is 1760 g/mol. The van der Waals surface area contributed by atoms with Crippen LogP contribution >= 0.6 is 79.4 Å². The van der Waals surface area contributed by atoms with Gasteiger partial charge in [0.15, 0.2) is 0 Å². The van der Waals surface area contributed by atoms with Crippen molar-refractivity contribution in [2.45, 2.75) is 58.8 Å². The number of carbonyl (C=O) groups excluding carboxylic acids is 5. The average Bonchev–Trinajstić information content (AvgIpc) is 1.85. The molecule has 102 heavy (non-hydrogen) atoms. The maximum atomic E-state index is 11.7. The van der Waals surface area contributed by atoms with E-state index in [1.807, 2.05) is 12.1 Å². The molecule has 0 unspecified atom stereocenters. The van der Waals surface area contributed by atoms with Gasteiger partial charge in [-0.1, -0.05) is 7.43 Å². The molecule has 3 saturated heterocycles. The van der Waals surface area contributed by atoms with Crippen LogP contribution in [0.3, 0.4) is 0 Å². The second-order valence-corrected chi connectivity index (χ2v) is 23.0. The molecule has 42 heteroatoms. The van der Waals surface area contributed by atoms with Crippen molar-refractivity contribution in [3.63, 3.8) is 0 Å². The average molecular weight is 1850 g/mol. The number of carboxylic acids is 1. The summed E-state index contributed by atoms with van der Waals surface area (Å²) >= 11 is 26.4. The maximum absolute atomic E-state index is 11.7. The van der Waals surface area contributed by atoms with Gasteiger partial charge in [-0.05, 0) is 124 Å². The molecule has 0 saturated carbocycles. The standard InChI is InChI=1S/C11H13ClN2O4.C11H12N2O4.C11H14N2O2.C6H6N2O2.C5H8Cl2O2.C5H9ClO3.C5H11ClO2.C4H8O.CH2O3.CH4.Cl2OS.2Cs.H/c12-6-1-7-18-8-11(15)13-9-2-4-10(5-3-9)14(16)17;14-11-8-17-7-1-6-12(11)9-2-4-10(5-3-9)13(15)16;12-9-2-4-10(5-3-9)13-6-1-7-15-8-11(13)14;7-5-1-3-6(4-2-5)8(9)10;2*6-2-1-3-9-4-5(7)8;6-2-1-4-8-5-3-7;1-2-4-5-3-1;2-1-4-3;;1-4(2)3;;;/h2-5H,1,6-8H2,(H,13,15);2-5H,1,6-8H2;2-5H,1,6-8,12H2;1-4H,7H2;1-4H2;1-4H2,(H,7,8);7H,1-5H2;1-4H2;1,3H;1H4;;;;/q;;;;;;;;;;;2*+1;-1/p-1. The number of carbonyl (C=O) groups is 6. The number of benzene rings is 4. The largest absolute Gasteiger partial charge is 1.00 e. The summed E-state index contributed by atoms with van der Waals surface area (Å²) in [6.45, 7) is 6.80. The van der Waals surface area contributed by atoms with E-state index < -0.39 is 35.2 Å². The molecule has 568 valence electrons. The van der Waals surface area contributed by atoms with E-state index in [-0.39, 0.29) is 228 Å². The van der Waals surface area contributed by atoms with Gasteiger partial charge >= 0.3 is 144 Å². The second-order valence-electron chi connectivity index (χ2n) is 18.6. The molecule has 3 aliphatic rings. The summed E-state index contributed by atoms with van der Waals surface area (Å²) in [5.41, 5.74) is 14.3. The van der Waals surface area contributed by atoms with Crippen molar-refractivity contribution in [1.82, 2.24) is 0 Å². The van der Waals surface area contributed by atoms with Gasteiger partial charge in [0.25, 0.3) is 35.3 Å². The van der Waals surface area contributed by atoms with Crippen molar-refractivity contribution >= 4 is 170 Å². The minimum atomic E-state index is -1.67. The quantitative estimate of drug-likeness (QED) is 0.00833. The fourth-order valence-electron chi connectivity index (χ4n) is 6.57. The first-order valence-corrected chi connectivity index (χ1v) is 34.7. The van der Waals surface area contributed by atoms with Gasteiger partial charge in [0.2, 0.25) is 20.4 Å². The fourth-order valence-corrected chi connectivity index (χ4v) is 7.08. The number of ether oxygens (including phenoxy) is 7. The Morgan fingerprint density at radius 3 is 1.23 bits per heavy atom. The first-order chi connectivity index (χ1) is 47.4. The molecule has 0 radical (unpaired) electrons. The first-order valence-electron chi connectivity index (χ1n) is 29.4. The molecule has 0 bridgehead atoms. The van der Waals surface area contributed by atoms with E-state index in [0.717, 1.165) is 44.6 Å². The molecule has 0 aromatic heterocycles. The molecule has 4 aromatic rings. The van der Waals surface area contributed by atoms with Gasteiger partial charge in [-0.15, -0.1) is 46.4 Å². The van der Waals surface area contributed by atoms with Crippen LogP contribution in [0.2, 0.25) is 0 Å². The van der Waals surface area contributed by atoms with Crippen LogP contribution < -0.4 is 170 Å². The smallest absolute Gasteiger partial charge is 1.00 e. The zero-order valence-corrected chi connectivity index (χ0v) is 74.3. The zero-order chi connectivity index (χ0) is 74.9. The minimum Gasteiger partial charge on any atom is -1.00 e. The van der Waals surface area contributed by atoms with Crippen LogP contribution in [0.25, 0.3) is 0 Å². The van der Waals surface area contributed by atoms with E-state index in [0.29, 0.717) is 118 Å². The molecule has 3 fully saturated rings. The second kappa shape index (κ2) is 78.2. The number of nitro benzene ring substituents is 3. The van der Waals surface area contributed by atoms with Crippen LogP contribution in [-0.4, -0.2) is 200 Å². The van der Waals surface area contributed by atoms with Crippen molar-refractivity contribution < 1.29 is 240 Å². The van der Waals surface area contributed by atoms with Crippen LogP contribution in [-0.2, 0) is 76.0 Å². The van der Waals surface area contributed by atoms with Crippen molar-refractivity contribution in [1.29, 1.82) is 0 Å². The Morgan fingerprint density at radius 1 is 0.578 bits per heavy atom. The number of hydrogen-bond acceptors (Lipinski definition) is 25. The van der Waals surface area contributed by atoms with Crippen molar-refractivity contribution in [3.05, 3.63) is 127 Å². The van der Waals surface area contributed by atoms with Gasteiger partial charge in [0, 0.05) is 176 Å². The number of alkyl halides is 4. The van der Waals surface area contributed by atoms with Gasteiger partial charge in [0.1, 0.15) is 33.0 Å². The van der Waals surface area contributed by atoms with Gasteiger partial charge in [-0.25, -0.2) is 9.00 Å². The summed E-state index contributed by atoms with van der Waals surface area (Å²) < 4.78 is 43.7. The number of anilines is 5. The monoisotopic (exact) mass is 1850 g/mol. The van der Waals surface area contributed by atoms with Crippen molar-refractivity contribution in [2.24, 2.45) is 0 Å². The molecule has 3 heterocycles. The van der Waals surface area contributed by atoms with E-state index in [9.17, 15) is 54.3 Å². The van der Waals surface area contributed by atoms with Crippen LogP contribution in [0, 0.1) is 30.3 Å². The third-order valence-electron chi connectivity index (χ3n) is 10.9. The van der Waals surface area contributed by atoms with E-state index in [1.54, 1.807) is 34.1 Å². The zero-order valence-electron chi connectivity index (χ0n) is 56.6. The number of rotatable bonds is 27. The summed E-state index contributed by atoms with van der Waals surface area (Å²) in [5.74, 6) is 0.836. The van der Waals surface area contributed by atoms with E-state index >= 15 is 0 Å². The number of amides is 3. The predicted molar refractivity (Wildman–Crippen MR) is 384 cm³/mol. The number of halogens is 7. The van der Waals surface area contributed by atoms with Crippen LogP contribution in [0.5, 0.6) is 0 Å². The summed E-state index contributed by atoms with van der Waals surface area (Å²) in [5, 5.41) is 57.8. The van der Waals surface area contributed by atoms with Gasteiger partial charge < -0.3 is 81.5 Å². The molecule has 7 rings (SSSR count). The van der Waals surface area contributed by atoms with Crippen molar-refractivity contribution in [3.8, 4) is 0 Å². The number of aliphatic hydroxyl groups excluding tert-OH is 1. The number of nitrogen functional groups attached to an aromatic ring is 2. The maximum Gasteiger partial charge on any atom is 1.00 e. The first kappa shape index (κ1) is 111. The normalized spacial score (nSPS) is 12.2. The number of non-ortho nitro benzene ring substituents is 3. The number of aliphatic carboxylic acids is 1. The third kappa shape index (κ3) is 69.4. The van der Waals surface area contributed by atoms with Gasteiger partial charge in [-0.2, -0.15) is 0 Å². The SMILES string of the molecule is C.C1CCOC1.Nc1ccc(N2CCCOCC2=O)cc1.Nc1ccc([N+](=O)[O-])cc1.O=C(COCCCCl)Nc1ccc([N+](=O)[O-])cc1.O=C(Cl)COCCCCl.O=C(O)COCCCCl.O=C1COCCCN1c1ccc([N+](=O)[O-])cc1.O=CO[O-].O=S(Cl)Cl.OCCOCCCCl.[Cs+].[Cs+].[H-]. The number of nitro groups is 3.